The molecule has 2 rings (SSSR count). The van der Waals surface area contributed by atoms with Crippen molar-refractivity contribution in [2.75, 3.05) is 10.5 Å². The first-order valence-corrected chi connectivity index (χ1v) is 7.61. The maximum absolute atomic E-state index is 12.2. The highest BCUT2D eigenvalue weighted by atomic mass is 32.2. The van der Waals surface area contributed by atoms with Crippen molar-refractivity contribution in [2.24, 2.45) is 0 Å². The van der Waals surface area contributed by atoms with Gasteiger partial charge in [-0.2, -0.15) is 0 Å². The van der Waals surface area contributed by atoms with Crippen molar-refractivity contribution in [3.05, 3.63) is 41.9 Å². The number of rotatable bonds is 4. The number of aryl methyl sites for hydroxylation is 2. The fourth-order valence-corrected chi connectivity index (χ4v) is 2.73. The minimum atomic E-state index is -3.67. The van der Waals surface area contributed by atoms with Crippen LogP contribution >= 0.6 is 0 Å². The standard InChI is InChI=1S/C13H16N4O2S/c1-3-12-9(2)16-13(8-15-12)17-20(18,19)11-6-4-10(14)5-7-11/h4-8H,3,14H2,1-2H3,(H,16,17). The molecule has 0 radical (unpaired) electrons. The number of benzene rings is 1. The average Bonchev–Trinajstić information content (AvgIpc) is 2.39. The molecule has 7 heteroatoms. The molecule has 1 heterocycles. The van der Waals surface area contributed by atoms with Crippen LogP contribution in [0.5, 0.6) is 0 Å². The predicted molar refractivity (Wildman–Crippen MR) is 77.8 cm³/mol. The summed E-state index contributed by atoms with van der Waals surface area (Å²) in [6.07, 6.45) is 2.17. The molecule has 106 valence electrons. The number of nitrogens with one attached hydrogen (secondary N) is 1. The third-order valence-electron chi connectivity index (χ3n) is 2.81. The zero-order valence-corrected chi connectivity index (χ0v) is 12.1. The van der Waals surface area contributed by atoms with E-state index in [9.17, 15) is 8.42 Å². The second kappa shape index (κ2) is 5.46. The maximum Gasteiger partial charge on any atom is 0.263 e. The van der Waals surface area contributed by atoms with Gasteiger partial charge in [0.1, 0.15) is 0 Å². The lowest BCUT2D eigenvalue weighted by Gasteiger charge is -2.09. The van der Waals surface area contributed by atoms with Gasteiger partial charge in [0.05, 0.1) is 22.5 Å². The smallest absolute Gasteiger partial charge is 0.263 e. The lowest BCUT2D eigenvalue weighted by Crippen LogP contribution is -2.15. The van der Waals surface area contributed by atoms with Crippen molar-refractivity contribution in [2.45, 2.75) is 25.2 Å². The van der Waals surface area contributed by atoms with E-state index in [-0.39, 0.29) is 10.7 Å². The SMILES string of the molecule is CCc1ncc(NS(=O)(=O)c2ccc(N)cc2)nc1C. The molecule has 0 saturated heterocycles. The summed E-state index contributed by atoms with van der Waals surface area (Å²) in [5.74, 6) is 0.205. The molecule has 0 bridgehead atoms. The molecule has 3 N–H and O–H groups in total. The zero-order valence-electron chi connectivity index (χ0n) is 11.3. The summed E-state index contributed by atoms with van der Waals surface area (Å²) in [7, 11) is -3.67. The quantitative estimate of drug-likeness (QED) is 0.836. The van der Waals surface area contributed by atoms with E-state index in [1.807, 2.05) is 6.92 Å². The Hall–Kier alpha value is -2.15. The number of anilines is 2. The van der Waals surface area contributed by atoms with Crippen LogP contribution in [0.3, 0.4) is 0 Å². The van der Waals surface area contributed by atoms with E-state index >= 15 is 0 Å². The van der Waals surface area contributed by atoms with Gasteiger partial charge in [0, 0.05) is 5.69 Å². The molecule has 0 spiro atoms. The lowest BCUT2D eigenvalue weighted by molar-refractivity contribution is 0.601. The van der Waals surface area contributed by atoms with Crippen LogP contribution in [-0.2, 0) is 16.4 Å². The first-order chi connectivity index (χ1) is 9.42. The molecule has 0 amide bonds. The van der Waals surface area contributed by atoms with Gasteiger partial charge in [-0.25, -0.2) is 13.4 Å². The Balaban J connectivity index is 2.28. The van der Waals surface area contributed by atoms with Gasteiger partial charge >= 0.3 is 0 Å². The van der Waals surface area contributed by atoms with Crippen LogP contribution in [-0.4, -0.2) is 18.4 Å². The van der Waals surface area contributed by atoms with Crippen LogP contribution < -0.4 is 10.5 Å². The lowest BCUT2D eigenvalue weighted by atomic mass is 10.3. The predicted octanol–water partition coefficient (Wildman–Crippen LogP) is 1.73. The molecule has 20 heavy (non-hydrogen) atoms. The maximum atomic E-state index is 12.2. The first kappa shape index (κ1) is 14.3. The Labute approximate surface area is 118 Å². The highest BCUT2D eigenvalue weighted by molar-refractivity contribution is 7.92. The van der Waals surface area contributed by atoms with Gasteiger partial charge in [0.25, 0.3) is 10.0 Å². The van der Waals surface area contributed by atoms with Crippen LogP contribution in [0.2, 0.25) is 0 Å². The summed E-state index contributed by atoms with van der Waals surface area (Å²) in [5.41, 5.74) is 7.60. The van der Waals surface area contributed by atoms with Crippen molar-refractivity contribution in [1.82, 2.24) is 9.97 Å². The Morgan fingerprint density at radius 1 is 1.25 bits per heavy atom. The molecule has 2 aromatic rings. The molecule has 1 aromatic heterocycles. The number of hydrogen-bond donors (Lipinski definition) is 2. The second-order valence-corrected chi connectivity index (χ2v) is 6.00. The normalized spacial score (nSPS) is 11.3. The molecule has 0 unspecified atom stereocenters. The van der Waals surface area contributed by atoms with E-state index in [0.717, 1.165) is 12.1 Å². The summed E-state index contributed by atoms with van der Waals surface area (Å²) in [5, 5.41) is 0. The van der Waals surface area contributed by atoms with Crippen LogP contribution in [0.15, 0.2) is 35.4 Å². The second-order valence-electron chi connectivity index (χ2n) is 4.32. The van der Waals surface area contributed by atoms with Gasteiger partial charge in [-0.3, -0.25) is 9.71 Å². The summed E-state index contributed by atoms with van der Waals surface area (Å²) in [6, 6.07) is 5.95. The summed E-state index contributed by atoms with van der Waals surface area (Å²) in [6.45, 7) is 3.77. The Kier molecular flexibility index (Phi) is 3.89. The number of sulfonamides is 1. The number of nitrogens with two attached hydrogens (primary N) is 1. The molecule has 0 saturated carbocycles. The minimum absolute atomic E-state index is 0.130. The highest BCUT2D eigenvalue weighted by Gasteiger charge is 2.15. The van der Waals surface area contributed by atoms with Crippen LogP contribution in [0.25, 0.3) is 0 Å². The highest BCUT2D eigenvalue weighted by Crippen LogP contribution is 2.16. The molecular formula is C13H16N4O2S. The van der Waals surface area contributed by atoms with Gasteiger partial charge in [-0.05, 0) is 37.6 Å². The van der Waals surface area contributed by atoms with E-state index in [1.54, 1.807) is 6.92 Å². The van der Waals surface area contributed by atoms with Crippen LogP contribution in [0.4, 0.5) is 11.5 Å². The summed E-state index contributed by atoms with van der Waals surface area (Å²) < 4.78 is 26.7. The monoisotopic (exact) mass is 292 g/mol. The average molecular weight is 292 g/mol. The molecule has 0 aliphatic heterocycles. The van der Waals surface area contributed by atoms with Crippen molar-refractivity contribution < 1.29 is 8.42 Å². The molecule has 0 fully saturated rings. The number of hydrogen-bond acceptors (Lipinski definition) is 5. The zero-order chi connectivity index (χ0) is 14.8. The fraction of sp³-hybridized carbons (Fsp3) is 0.231. The fourth-order valence-electron chi connectivity index (χ4n) is 1.75. The van der Waals surface area contributed by atoms with Crippen molar-refractivity contribution >= 4 is 21.5 Å². The number of nitrogens with zero attached hydrogens (tertiary/aromatic N) is 2. The van der Waals surface area contributed by atoms with Crippen molar-refractivity contribution in [3.63, 3.8) is 0 Å². The first-order valence-electron chi connectivity index (χ1n) is 6.13. The van der Waals surface area contributed by atoms with E-state index in [0.29, 0.717) is 11.4 Å². The van der Waals surface area contributed by atoms with E-state index in [1.165, 1.54) is 30.5 Å². The minimum Gasteiger partial charge on any atom is -0.399 e. The molecule has 0 atom stereocenters. The van der Waals surface area contributed by atoms with Gasteiger partial charge in [0.15, 0.2) is 5.82 Å². The summed E-state index contributed by atoms with van der Waals surface area (Å²) >= 11 is 0. The third-order valence-corrected chi connectivity index (χ3v) is 4.18. The molecular weight excluding hydrogens is 276 g/mol. The van der Waals surface area contributed by atoms with E-state index in [4.69, 9.17) is 5.73 Å². The van der Waals surface area contributed by atoms with Gasteiger partial charge < -0.3 is 5.73 Å². The largest absolute Gasteiger partial charge is 0.399 e. The van der Waals surface area contributed by atoms with Gasteiger partial charge in [-0.1, -0.05) is 6.92 Å². The van der Waals surface area contributed by atoms with Gasteiger partial charge in [0.2, 0.25) is 0 Å². The van der Waals surface area contributed by atoms with E-state index < -0.39 is 10.0 Å². The Morgan fingerprint density at radius 3 is 2.45 bits per heavy atom. The van der Waals surface area contributed by atoms with E-state index in [2.05, 4.69) is 14.7 Å². The van der Waals surface area contributed by atoms with Gasteiger partial charge in [-0.15, -0.1) is 0 Å². The number of nitrogen functional groups attached to an aromatic ring is 1. The molecule has 0 aliphatic rings. The van der Waals surface area contributed by atoms with Crippen LogP contribution in [0, 0.1) is 6.92 Å². The molecule has 0 aliphatic carbocycles. The summed E-state index contributed by atoms with van der Waals surface area (Å²) in [4.78, 5) is 8.50. The Bertz CT molecular complexity index is 712. The molecule has 1 aromatic carbocycles. The van der Waals surface area contributed by atoms with Crippen molar-refractivity contribution in [1.29, 1.82) is 0 Å². The Morgan fingerprint density at radius 2 is 1.90 bits per heavy atom. The number of aromatic nitrogens is 2. The third kappa shape index (κ3) is 3.05. The topological polar surface area (TPSA) is 98.0 Å². The van der Waals surface area contributed by atoms with Crippen LogP contribution in [0.1, 0.15) is 18.3 Å². The van der Waals surface area contributed by atoms with Crippen molar-refractivity contribution in [3.8, 4) is 0 Å². The molecule has 6 nitrogen and oxygen atoms in total.